The summed E-state index contributed by atoms with van der Waals surface area (Å²) in [5.41, 5.74) is 1.45. The molecule has 0 heterocycles. The molecule has 0 N–H and O–H groups in total. The number of halogens is 1. The van der Waals surface area contributed by atoms with Gasteiger partial charge in [0.15, 0.2) is 0 Å². The van der Waals surface area contributed by atoms with Gasteiger partial charge in [0.2, 0.25) is 0 Å². The summed E-state index contributed by atoms with van der Waals surface area (Å²) in [5, 5.41) is 0. The molecule has 0 aliphatic heterocycles. The van der Waals surface area contributed by atoms with E-state index in [1.165, 1.54) is 28.4 Å². The molecule has 0 aliphatic carbocycles. The standard InChI is InChI=1S/C13H15I/c1-2-3-4-5-6-8-12-9-7-10-13(14)11-12/h7,9-11H,4-6,8H2,1H3. The maximum Gasteiger partial charge on any atom is 0.0133 e. The van der Waals surface area contributed by atoms with Gasteiger partial charge in [-0.1, -0.05) is 12.1 Å². The van der Waals surface area contributed by atoms with Crippen LogP contribution in [0.5, 0.6) is 0 Å². The van der Waals surface area contributed by atoms with Crippen molar-refractivity contribution in [3.63, 3.8) is 0 Å². The van der Waals surface area contributed by atoms with E-state index in [0.29, 0.717) is 0 Å². The molecule has 14 heavy (non-hydrogen) atoms. The normalized spacial score (nSPS) is 9.29. The van der Waals surface area contributed by atoms with E-state index in [-0.39, 0.29) is 0 Å². The maximum atomic E-state index is 3.09. The van der Waals surface area contributed by atoms with Gasteiger partial charge in [0.25, 0.3) is 0 Å². The quantitative estimate of drug-likeness (QED) is 0.447. The fraction of sp³-hybridized carbons (Fsp3) is 0.385. The highest BCUT2D eigenvalue weighted by Gasteiger charge is 1.93. The van der Waals surface area contributed by atoms with Crippen LogP contribution in [-0.2, 0) is 6.42 Å². The molecule has 0 nitrogen and oxygen atoms in total. The fourth-order valence-electron chi connectivity index (χ4n) is 1.36. The van der Waals surface area contributed by atoms with Crippen LogP contribution in [0.4, 0.5) is 0 Å². The van der Waals surface area contributed by atoms with Crippen molar-refractivity contribution >= 4 is 22.6 Å². The van der Waals surface area contributed by atoms with Gasteiger partial charge >= 0.3 is 0 Å². The van der Waals surface area contributed by atoms with Gasteiger partial charge in [0, 0.05) is 9.99 Å². The molecule has 0 amide bonds. The van der Waals surface area contributed by atoms with Crippen molar-refractivity contribution in [3.8, 4) is 11.8 Å². The molecule has 0 fully saturated rings. The van der Waals surface area contributed by atoms with Crippen LogP contribution < -0.4 is 0 Å². The molecule has 74 valence electrons. The summed E-state index contributed by atoms with van der Waals surface area (Å²) >= 11 is 2.36. The van der Waals surface area contributed by atoms with Crippen LogP contribution in [0.15, 0.2) is 24.3 Å². The Hall–Kier alpha value is -0.490. The molecular weight excluding hydrogens is 283 g/mol. The van der Waals surface area contributed by atoms with E-state index >= 15 is 0 Å². The summed E-state index contributed by atoms with van der Waals surface area (Å²) in [6, 6.07) is 8.72. The molecule has 0 aliphatic rings. The van der Waals surface area contributed by atoms with Gasteiger partial charge in [-0.15, -0.1) is 11.8 Å². The second-order valence-electron chi connectivity index (χ2n) is 3.26. The van der Waals surface area contributed by atoms with E-state index in [2.05, 4.69) is 58.7 Å². The summed E-state index contributed by atoms with van der Waals surface area (Å²) in [6.07, 6.45) is 4.68. The van der Waals surface area contributed by atoms with Crippen molar-refractivity contribution in [2.75, 3.05) is 0 Å². The van der Waals surface area contributed by atoms with Crippen molar-refractivity contribution < 1.29 is 0 Å². The monoisotopic (exact) mass is 298 g/mol. The average molecular weight is 298 g/mol. The molecule has 0 spiro atoms. The van der Waals surface area contributed by atoms with Crippen molar-refractivity contribution in [1.82, 2.24) is 0 Å². The third kappa shape index (κ3) is 4.66. The predicted molar refractivity (Wildman–Crippen MR) is 70.2 cm³/mol. The summed E-state index contributed by atoms with van der Waals surface area (Å²) < 4.78 is 1.33. The van der Waals surface area contributed by atoms with Gasteiger partial charge in [-0.25, -0.2) is 0 Å². The molecule has 0 saturated heterocycles. The first-order valence-corrected chi connectivity index (χ1v) is 6.05. The van der Waals surface area contributed by atoms with Gasteiger partial charge in [-0.2, -0.15) is 0 Å². The highest BCUT2D eigenvalue weighted by molar-refractivity contribution is 14.1. The molecule has 1 aromatic rings. The topological polar surface area (TPSA) is 0 Å². The molecule has 0 atom stereocenters. The van der Waals surface area contributed by atoms with E-state index in [1.54, 1.807) is 0 Å². The SMILES string of the molecule is CC#CCCCCc1cccc(I)c1. The molecule has 0 radical (unpaired) electrons. The highest BCUT2D eigenvalue weighted by atomic mass is 127. The summed E-state index contributed by atoms with van der Waals surface area (Å²) in [5.74, 6) is 6.02. The molecule has 0 bridgehead atoms. The minimum Gasteiger partial charge on any atom is -0.107 e. The van der Waals surface area contributed by atoms with Gasteiger partial charge in [0.05, 0.1) is 0 Å². The third-order valence-corrected chi connectivity index (χ3v) is 2.75. The van der Waals surface area contributed by atoms with Crippen molar-refractivity contribution in [1.29, 1.82) is 0 Å². The highest BCUT2D eigenvalue weighted by Crippen LogP contribution is 2.10. The van der Waals surface area contributed by atoms with E-state index in [0.717, 1.165) is 6.42 Å². The lowest BCUT2D eigenvalue weighted by Gasteiger charge is -2.00. The second kappa shape index (κ2) is 6.89. The number of rotatable bonds is 4. The zero-order chi connectivity index (χ0) is 10.2. The van der Waals surface area contributed by atoms with E-state index < -0.39 is 0 Å². The number of unbranched alkanes of at least 4 members (excludes halogenated alkanes) is 2. The smallest absolute Gasteiger partial charge is 0.0133 e. The molecular formula is C13H15I. The maximum absolute atomic E-state index is 3.09. The van der Waals surface area contributed by atoms with Crippen LogP contribution >= 0.6 is 22.6 Å². The zero-order valence-corrected chi connectivity index (χ0v) is 10.7. The van der Waals surface area contributed by atoms with E-state index in [4.69, 9.17) is 0 Å². The van der Waals surface area contributed by atoms with Crippen LogP contribution in [0.2, 0.25) is 0 Å². The number of hydrogen-bond acceptors (Lipinski definition) is 0. The second-order valence-corrected chi connectivity index (χ2v) is 4.51. The van der Waals surface area contributed by atoms with Gasteiger partial charge < -0.3 is 0 Å². The fourth-order valence-corrected chi connectivity index (χ4v) is 1.97. The number of hydrogen-bond donors (Lipinski definition) is 0. The Morgan fingerprint density at radius 2 is 2.14 bits per heavy atom. The molecule has 0 aromatic heterocycles. The van der Waals surface area contributed by atoms with E-state index in [1.807, 2.05) is 6.92 Å². The van der Waals surface area contributed by atoms with E-state index in [9.17, 15) is 0 Å². The van der Waals surface area contributed by atoms with Crippen molar-refractivity contribution in [2.24, 2.45) is 0 Å². The van der Waals surface area contributed by atoms with Crippen molar-refractivity contribution in [2.45, 2.75) is 32.6 Å². The Balaban J connectivity index is 2.27. The predicted octanol–water partition coefficient (Wildman–Crippen LogP) is 4.03. The van der Waals surface area contributed by atoms with Crippen LogP contribution in [0.3, 0.4) is 0 Å². The molecule has 0 saturated carbocycles. The molecule has 0 unspecified atom stereocenters. The van der Waals surface area contributed by atoms with Gasteiger partial charge in [0.1, 0.15) is 0 Å². The van der Waals surface area contributed by atoms with Crippen molar-refractivity contribution in [3.05, 3.63) is 33.4 Å². The van der Waals surface area contributed by atoms with Gasteiger partial charge in [-0.05, 0) is 66.5 Å². The van der Waals surface area contributed by atoms with Crippen LogP contribution in [0.1, 0.15) is 31.7 Å². The summed E-state index contributed by atoms with van der Waals surface area (Å²) in [4.78, 5) is 0. The zero-order valence-electron chi connectivity index (χ0n) is 8.52. The Morgan fingerprint density at radius 1 is 1.29 bits per heavy atom. The minimum atomic E-state index is 1.04. The Bertz CT molecular complexity index is 331. The van der Waals surface area contributed by atoms with Gasteiger partial charge in [-0.3, -0.25) is 0 Å². The summed E-state index contributed by atoms with van der Waals surface area (Å²) in [6.45, 7) is 1.90. The van der Waals surface area contributed by atoms with Crippen LogP contribution in [0, 0.1) is 15.4 Å². The molecule has 1 rings (SSSR count). The lowest BCUT2D eigenvalue weighted by atomic mass is 10.1. The number of benzene rings is 1. The first kappa shape index (κ1) is 11.6. The lowest BCUT2D eigenvalue weighted by Crippen LogP contribution is -1.85. The Morgan fingerprint density at radius 3 is 2.86 bits per heavy atom. The van der Waals surface area contributed by atoms with Crippen LogP contribution in [-0.4, -0.2) is 0 Å². The Labute approximate surface area is 100 Å². The molecule has 1 aromatic carbocycles. The largest absolute Gasteiger partial charge is 0.107 e. The number of aryl methyl sites for hydroxylation is 1. The Kier molecular flexibility index (Phi) is 5.70. The molecule has 1 heteroatoms. The summed E-state index contributed by atoms with van der Waals surface area (Å²) in [7, 11) is 0. The first-order chi connectivity index (χ1) is 6.83. The minimum absolute atomic E-state index is 1.04. The first-order valence-electron chi connectivity index (χ1n) is 4.97. The van der Waals surface area contributed by atoms with Crippen LogP contribution in [0.25, 0.3) is 0 Å². The third-order valence-electron chi connectivity index (χ3n) is 2.08. The average Bonchev–Trinajstić information content (AvgIpc) is 2.18. The lowest BCUT2D eigenvalue weighted by molar-refractivity contribution is 0.756.